The standard InChI is InChI=1S/C22H22N.C21H13N2O.Ir/c1-22(2,3)16-17-9-11-18(12-10-17)20-13-14-23-21(15-20)19-7-5-4-6-8-19;1-13-7-9-19(23-12-13)16-5-2-4-14-15-8-10-18-17(6-3-11-22-18)21(15)24-20(14)16;/h4-7,9-15H,16H2,1-3H3;2-4,6-12H,1H3;/q2*-1;. The number of aromatic nitrogens is 3. The summed E-state index contributed by atoms with van der Waals surface area (Å²) in [6.45, 7) is 8.84. The molecule has 0 N–H and O–H groups in total. The fourth-order valence-electron chi connectivity index (χ4n) is 5.90. The van der Waals surface area contributed by atoms with Crippen LogP contribution in [0.1, 0.15) is 31.9 Å². The second-order valence-electron chi connectivity index (χ2n) is 13.1. The topological polar surface area (TPSA) is 51.8 Å². The molecule has 0 fully saturated rings. The Balaban J connectivity index is 0.000000164. The van der Waals surface area contributed by atoms with Crippen molar-refractivity contribution in [3.05, 3.63) is 151 Å². The molecule has 0 amide bonds. The zero-order valence-electron chi connectivity index (χ0n) is 27.4. The Morgan fingerprint density at radius 2 is 1.48 bits per heavy atom. The van der Waals surface area contributed by atoms with Crippen LogP contribution in [0.15, 0.2) is 132 Å². The summed E-state index contributed by atoms with van der Waals surface area (Å²) in [6, 6.07) is 43.6. The van der Waals surface area contributed by atoms with Crippen molar-refractivity contribution < 1.29 is 24.5 Å². The number of fused-ring (bicyclic) bond motifs is 5. The van der Waals surface area contributed by atoms with Crippen LogP contribution < -0.4 is 0 Å². The second-order valence-corrected chi connectivity index (χ2v) is 13.1. The van der Waals surface area contributed by atoms with Crippen molar-refractivity contribution in [1.82, 2.24) is 15.0 Å². The van der Waals surface area contributed by atoms with Gasteiger partial charge in [-0.05, 0) is 82.7 Å². The van der Waals surface area contributed by atoms with E-state index in [-0.39, 0.29) is 20.1 Å². The Kier molecular flexibility index (Phi) is 9.63. The first kappa shape index (κ1) is 33.0. The maximum atomic E-state index is 6.27. The van der Waals surface area contributed by atoms with Crippen molar-refractivity contribution >= 4 is 32.8 Å². The van der Waals surface area contributed by atoms with E-state index in [1.165, 1.54) is 16.7 Å². The van der Waals surface area contributed by atoms with Gasteiger partial charge in [0, 0.05) is 49.5 Å². The Hall–Kier alpha value is -4.96. The van der Waals surface area contributed by atoms with Crippen LogP contribution in [0.5, 0.6) is 0 Å². The summed E-state index contributed by atoms with van der Waals surface area (Å²) in [7, 11) is 0. The van der Waals surface area contributed by atoms with E-state index in [2.05, 4.69) is 96.4 Å². The minimum Gasteiger partial charge on any atom is -0.500 e. The number of hydrogen-bond donors (Lipinski definition) is 0. The third-order valence-electron chi connectivity index (χ3n) is 8.11. The van der Waals surface area contributed by atoms with Crippen LogP contribution >= 0.6 is 0 Å². The molecule has 0 bridgehead atoms. The van der Waals surface area contributed by atoms with E-state index in [1.54, 1.807) is 6.20 Å². The molecule has 239 valence electrons. The van der Waals surface area contributed by atoms with Crippen molar-refractivity contribution in [2.75, 3.05) is 0 Å². The molecule has 0 atom stereocenters. The predicted octanol–water partition coefficient (Wildman–Crippen LogP) is 11.1. The number of hydrogen-bond acceptors (Lipinski definition) is 4. The molecule has 0 aliphatic rings. The Bertz CT molecular complexity index is 2300. The molecule has 48 heavy (non-hydrogen) atoms. The molecule has 5 heteroatoms. The van der Waals surface area contributed by atoms with Crippen molar-refractivity contribution in [2.45, 2.75) is 34.1 Å². The fourth-order valence-corrected chi connectivity index (χ4v) is 5.90. The first-order valence-corrected chi connectivity index (χ1v) is 15.9. The van der Waals surface area contributed by atoms with Crippen LogP contribution in [0.2, 0.25) is 0 Å². The average molecular weight is 802 g/mol. The minimum atomic E-state index is 0. The van der Waals surface area contributed by atoms with Crippen LogP contribution in [0, 0.1) is 24.5 Å². The Labute approximate surface area is 295 Å². The molecule has 4 nitrogen and oxygen atoms in total. The van der Waals surface area contributed by atoms with Crippen molar-refractivity contribution in [1.29, 1.82) is 0 Å². The molecular weight excluding hydrogens is 767 g/mol. The molecule has 8 rings (SSSR count). The number of furan rings is 1. The second kappa shape index (κ2) is 14.0. The zero-order valence-corrected chi connectivity index (χ0v) is 29.8. The van der Waals surface area contributed by atoms with Crippen LogP contribution in [-0.4, -0.2) is 15.0 Å². The van der Waals surface area contributed by atoms with E-state index in [4.69, 9.17) is 4.42 Å². The van der Waals surface area contributed by atoms with Crippen molar-refractivity contribution in [3.8, 4) is 33.6 Å². The normalized spacial score (nSPS) is 11.2. The number of aryl methyl sites for hydroxylation is 1. The summed E-state index contributed by atoms with van der Waals surface area (Å²) in [5.41, 5.74) is 11.6. The maximum absolute atomic E-state index is 6.27. The molecule has 4 aromatic carbocycles. The molecule has 8 aromatic rings. The molecular formula is C43H35IrN3O-2. The van der Waals surface area contributed by atoms with E-state index < -0.39 is 0 Å². The molecule has 4 aromatic heterocycles. The maximum Gasteiger partial charge on any atom is 0.130 e. The Morgan fingerprint density at radius 3 is 2.23 bits per heavy atom. The van der Waals surface area contributed by atoms with Gasteiger partial charge in [-0.1, -0.05) is 74.2 Å². The zero-order chi connectivity index (χ0) is 32.4. The molecule has 4 heterocycles. The van der Waals surface area contributed by atoms with Gasteiger partial charge in [-0.3, -0.25) is 4.98 Å². The summed E-state index contributed by atoms with van der Waals surface area (Å²) in [5, 5.41) is 3.19. The molecule has 0 aliphatic heterocycles. The molecule has 0 saturated carbocycles. The van der Waals surface area contributed by atoms with Gasteiger partial charge in [-0.2, -0.15) is 0 Å². The van der Waals surface area contributed by atoms with Crippen LogP contribution in [0.25, 0.3) is 66.5 Å². The third kappa shape index (κ3) is 7.13. The summed E-state index contributed by atoms with van der Waals surface area (Å²) in [4.78, 5) is 13.4. The van der Waals surface area contributed by atoms with Gasteiger partial charge < -0.3 is 14.4 Å². The molecule has 0 aliphatic carbocycles. The SMILES string of the molecule is CC(C)(C)Cc1ccc(-c2ccnc(-c3[c-]cccc3)c2)cc1.Cc1ccc(-c2[c-]ccc3c2oc2c4cccnc4ccc32)nc1.[Ir]. The van der Waals surface area contributed by atoms with E-state index in [0.717, 1.165) is 67.3 Å². The van der Waals surface area contributed by atoms with E-state index in [0.29, 0.717) is 5.41 Å². The van der Waals surface area contributed by atoms with Gasteiger partial charge in [-0.15, -0.1) is 54.1 Å². The number of nitrogens with zero attached hydrogens (tertiary/aromatic N) is 3. The fraction of sp³-hybridized carbons (Fsp3) is 0.140. The number of rotatable bonds is 4. The van der Waals surface area contributed by atoms with Gasteiger partial charge in [0.2, 0.25) is 0 Å². The minimum absolute atomic E-state index is 0. The summed E-state index contributed by atoms with van der Waals surface area (Å²) >= 11 is 0. The quantitative estimate of drug-likeness (QED) is 0.166. The van der Waals surface area contributed by atoms with Gasteiger partial charge in [0.15, 0.2) is 0 Å². The number of pyridine rings is 3. The van der Waals surface area contributed by atoms with Crippen LogP contribution in [0.4, 0.5) is 0 Å². The smallest absolute Gasteiger partial charge is 0.130 e. The van der Waals surface area contributed by atoms with Gasteiger partial charge in [0.1, 0.15) is 5.58 Å². The van der Waals surface area contributed by atoms with Crippen molar-refractivity contribution in [2.24, 2.45) is 5.41 Å². The van der Waals surface area contributed by atoms with E-state index in [1.807, 2.05) is 80.0 Å². The summed E-state index contributed by atoms with van der Waals surface area (Å²) in [5.74, 6) is 0. The van der Waals surface area contributed by atoms with E-state index >= 15 is 0 Å². The molecule has 1 radical (unpaired) electrons. The van der Waals surface area contributed by atoms with Crippen LogP contribution in [-0.2, 0) is 26.5 Å². The van der Waals surface area contributed by atoms with E-state index in [9.17, 15) is 0 Å². The van der Waals surface area contributed by atoms with Gasteiger partial charge in [0.05, 0.1) is 11.1 Å². The first-order chi connectivity index (χ1) is 22.8. The van der Waals surface area contributed by atoms with Gasteiger partial charge >= 0.3 is 0 Å². The summed E-state index contributed by atoms with van der Waals surface area (Å²) in [6.07, 6.45) is 6.62. The largest absolute Gasteiger partial charge is 0.500 e. The molecule has 0 spiro atoms. The Morgan fingerprint density at radius 1 is 0.646 bits per heavy atom. The molecule has 0 saturated heterocycles. The summed E-state index contributed by atoms with van der Waals surface area (Å²) < 4.78 is 6.27. The van der Waals surface area contributed by atoms with Crippen LogP contribution in [0.3, 0.4) is 0 Å². The monoisotopic (exact) mass is 802 g/mol. The molecule has 0 unspecified atom stereocenters. The van der Waals surface area contributed by atoms with Crippen molar-refractivity contribution in [3.63, 3.8) is 0 Å². The van der Waals surface area contributed by atoms with Gasteiger partial charge in [-0.25, -0.2) is 0 Å². The average Bonchev–Trinajstić information content (AvgIpc) is 3.49. The predicted molar refractivity (Wildman–Crippen MR) is 193 cm³/mol. The van der Waals surface area contributed by atoms with Gasteiger partial charge in [0.25, 0.3) is 0 Å². The third-order valence-corrected chi connectivity index (χ3v) is 8.11. The number of benzene rings is 4. The first-order valence-electron chi connectivity index (χ1n) is 15.9.